The average Bonchev–Trinajstić information content (AvgIpc) is 2.53. The number of nitrogen functional groups attached to an aromatic ring is 1. The molecule has 0 aliphatic heterocycles. The van der Waals surface area contributed by atoms with E-state index in [2.05, 4.69) is 5.10 Å². The molecule has 8 heteroatoms. The molecule has 2 N–H and O–H groups in total. The summed E-state index contributed by atoms with van der Waals surface area (Å²) in [5.41, 5.74) is 5.52. The summed E-state index contributed by atoms with van der Waals surface area (Å²) >= 11 is 0. The van der Waals surface area contributed by atoms with Gasteiger partial charge in [0, 0.05) is 13.6 Å². The molecule has 1 heterocycles. The van der Waals surface area contributed by atoms with Crippen molar-refractivity contribution in [2.75, 3.05) is 18.8 Å². The molecular formula is C9H13F3N4O. The van der Waals surface area contributed by atoms with Crippen molar-refractivity contribution < 1.29 is 18.0 Å². The SMILES string of the molecule is CCN(CC(F)(F)F)C(=O)c1c(N)cnn1C. The number of nitrogens with zero attached hydrogens (tertiary/aromatic N) is 3. The zero-order valence-corrected chi connectivity index (χ0v) is 9.45. The van der Waals surface area contributed by atoms with Crippen molar-refractivity contribution in [1.82, 2.24) is 14.7 Å². The molecule has 1 rings (SSSR count). The van der Waals surface area contributed by atoms with E-state index in [-0.39, 0.29) is 17.9 Å². The molecule has 0 spiro atoms. The molecule has 0 bridgehead atoms. The summed E-state index contributed by atoms with van der Waals surface area (Å²) in [5.74, 6) is -0.776. The summed E-state index contributed by atoms with van der Waals surface area (Å²) in [7, 11) is 1.45. The van der Waals surface area contributed by atoms with Crippen molar-refractivity contribution in [3.63, 3.8) is 0 Å². The van der Waals surface area contributed by atoms with Gasteiger partial charge in [-0.2, -0.15) is 18.3 Å². The van der Waals surface area contributed by atoms with Crippen LogP contribution in [-0.2, 0) is 7.05 Å². The number of hydrogen-bond acceptors (Lipinski definition) is 3. The molecule has 0 saturated carbocycles. The van der Waals surface area contributed by atoms with Crippen LogP contribution in [0.15, 0.2) is 6.20 Å². The highest BCUT2D eigenvalue weighted by atomic mass is 19.4. The largest absolute Gasteiger partial charge is 0.406 e. The van der Waals surface area contributed by atoms with E-state index in [1.165, 1.54) is 20.2 Å². The van der Waals surface area contributed by atoms with Crippen LogP contribution in [0.2, 0.25) is 0 Å². The summed E-state index contributed by atoms with van der Waals surface area (Å²) in [6.45, 7) is 0.117. The third-order valence-corrected chi connectivity index (χ3v) is 2.21. The van der Waals surface area contributed by atoms with Crippen molar-refractivity contribution in [3.05, 3.63) is 11.9 Å². The Morgan fingerprint density at radius 2 is 2.18 bits per heavy atom. The predicted molar refractivity (Wildman–Crippen MR) is 55.3 cm³/mol. The fourth-order valence-corrected chi connectivity index (χ4v) is 1.41. The second kappa shape index (κ2) is 4.64. The van der Waals surface area contributed by atoms with E-state index >= 15 is 0 Å². The monoisotopic (exact) mass is 250 g/mol. The maximum atomic E-state index is 12.2. The van der Waals surface area contributed by atoms with Crippen LogP contribution in [0.1, 0.15) is 17.4 Å². The Hall–Kier alpha value is -1.73. The topological polar surface area (TPSA) is 64.2 Å². The Balaban J connectivity index is 2.95. The van der Waals surface area contributed by atoms with E-state index < -0.39 is 18.6 Å². The van der Waals surface area contributed by atoms with E-state index in [0.717, 1.165) is 4.68 Å². The standard InChI is InChI=1S/C9H13F3N4O/c1-3-16(5-9(10,11)12)8(17)7-6(13)4-14-15(7)2/h4H,3,5,13H2,1-2H3. The average molecular weight is 250 g/mol. The number of amides is 1. The Labute approximate surface area is 96.0 Å². The van der Waals surface area contributed by atoms with Crippen LogP contribution in [0.4, 0.5) is 18.9 Å². The lowest BCUT2D eigenvalue weighted by atomic mass is 10.3. The molecule has 0 radical (unpaired) electrons. The molecule has 0 aromatic carbocycles. The van der Waals surface area contributed by atoms with Crippen molar-refractivity contribution in [2.45, 2.75) is 13.1 Å². The van der Waals surface area contributed by atoms with E-state index in [1.54, 1.807) is 0 Å². The molecule has 96 valence electrons. The summed E-state index contributed by atoms with van der Waals surface area (Å²) in [5, 5.41) is 3.71. The maximum Gasteiger partial charge on any atom is 0.406 e. The van der Waals surface area contributed by atoms with Gasteiger partial charge in [0.15, 0.2) is 0 Å². The van der Waals surface area contributed by atoms with Crippen LogP contribution in [0.5, 0.6) is 0 Å². The van der Waals surface area contributed by atoms with Gasteiger partial charge in [-0.15, -0.1) is 0 Å². The minimum absolute atomic E-state index is 0.0314. The molecule has 1 aromatic heterocycles. The molecule has 0 saturated heterocycles. The van der Waals surface area contributed by atoms with Gasteiger partial charge in [0.05, 0.1) is 11.9 Å². The zero-order chi connectivity index (χ0) is 13.2. The number of hydrogen-bond donors (Lipinski definition) is 1. The summed E-state index contributed by atoms with van der Waals surface area (Å²) in [6, 6.07) is 0. The Morgan fingerprint density at radius 1 is 1.59 bits per heavy atom. The molecule has 17 heavy (non-hydrogen) atoms. The fourth-order valence-electron chi connectivity index (χ4n) is 1.41. The van der Waals surface area contributed by atoms with Crippen molar-refractivity contribution in [2.24, 2.45) is 7.05 Å². The normalized spacial score (nSPS) is 11.6. The van der Waals surface area contributed by atoms with Crippen molar-refractivity contribution in [3.8, 4) is 0 Å². The number of anilines is 1. The minimum Gasteiger partial charge on any atom is -0.396 e. The Bertz CT molecular complexity index is 393. The van der Waals surface area contributed by atoms with Gasteiger partial charge in [0.2, 0.25) is 0 Å². The molecule has 0 unspecified atom stereocenters. The number of carbonyl (C=O) groups excluding carboxylic acids is 1. The predicted octanol–water partition coefficient (Wildman–Crippen LogP) is 1.03. The third kappa shape index (κ3) is 3.11. The first-order valence-electron chi connectivity index (χ1n) is 4.89. The Morgan fingerprint density at radius 3 is 2.53 bits per heavy atom. The molecule has 0 atom stereocenters. The van der Waals surface area contributed by atoms with Gasteiger partial charge < -0.3 is 10.6 Å². The van der Waals surface area contributed by atoms with E-state index in [4.69, 9.17) is 5.73 Å². The highest BCUT2D eigenvalue weighted by molar-refractivity contribution is 5.97. The first kappa shape index (κ1) is 13.3. The molecular weight excluding hydrogens is 237 g/mol. The Kier molecular flexibility index (Phi) is 3.64. The highest BCUT2D eigenvalue weighted by Gasteiger charge is 2.33. The van der Waals surface area contributed by atoms with Crippen LogP contribution in [0, 0.1) is 0 Å². The highest BCUT2D eigenvalue weighted by Crippen LogP contribution is 2.19. The number of alkyl halides is 3. The quantitative estimate of drug-likeness (QED) is 0.871. The van der Waals surface area contributed by atoms with Crippen molar-refractivity contribution in [1.29, 1.82) is 0 Å². The number of nitrogens with two attached hydrogens (primary N) is 1. The smallest absolute Gasteiger partial charge is 0.396 e. The lowest BCUT2D eigenvalue weighted by Gasteiger charge is -2.22. The van der Waals surface area contributed by atoms with Gasteiger partial charge in [-0.25, -0.2) is 0 Å². The van der Waals surface area contributed by atoms with Gasteiger partial charge in [-0.3, -0.25) is 9.48 Å². The summed E-state index contributed by atoms with van der Waals surface area (Å²) < 4.78 is 37.9. The fraction of sp³-hybridized carbons (Fsp3) is 0.556. The molecule has 1 aromatic rings. The zero-order valence-electron chi connectivity index (χ0n) is 9.45. The van der Waals surface area contributed by atoms with Crippen molar-refractivity contribution >= 4 is 11.6 Å². The molecule has 0 aliphatic carbocycles. The summed E-state index contributed by atoms with van der Waals surface area (Å²) in [4.78, 5) is 12.5. The molecule has 0 aliphatic rings. The minimum atomic E-state index is -4.43. The second-order valence-electron chi connectivity index (χ2n) is 3.51. The number of rotatable bonds is 3. The number of aromatic nitrogens is 2. The number of halogens is 3. The summed E-state index contributed by atoms with van der Waals surface area (Å²) in [6.07, 6.45) is -3.20. The lowest BCUT2D eigenvalue weighted by Crippen LogP contribution is -2.39. The number of carbonyl (C=O) groups is 1. The van der Waals surface area contributed by atoms with Crippen LogP contribution >= 0.6 is 0 Å². The first-order valence-corrected chi connectivity index (χ1v) is 4.89. The van der Waals surface area contributed by atoms with Crippen LogP contribution in [-0.4, -0.2) is 39.9 Å². The van der Waals surface area contributed by atoms with Gasteiger partial charge in [0.25, 0.3) is 5.91 Å². The van der Waals surface area contributed by atoms with Gasteiger partial charge in [0.1, 0.15) is 12.2 Å². The van der Waals surface area contributed by atoms with Crippen LogP contribution in [0.3, 0.4) is 0 Å². The first-order chi connectivity index (χ1) is 7.76. The lowest BCUT2D eigenvalue weighted by molar-refractivity contribution is -0.140. The van der Waals surface area contributed by atoms with Gasteiger partial charge in [-0.05, 0) is 6.92 Å². The molecule has 5 nitrogen and oxygen atoms in total. The van der Waals surface area contributed by atoms with Gasteiger partial charge >= 0.3 is 6.18 Å². The maximum absolute atomic E-state index is 12.2. The molecule has 1 amide bonds. The third-order valence-electron chi connectivity index (χ3n) is 2.21. The van der Waals surface area contributed by atoms with Crippen LogP contribution in [0.25, 0.3) is 0 Å². The van der Waals surface area contributed by atoms with E-state index in [0.29, 0.717) is 4.90 Å². The van der Waals surface area contributed by atoms with E-state index in [9.17, 15) is 18.0 Å². The van der Waals surface area contributed by atoms with Gasteiger partial charge in [-0.1, -0.05) is 0 Å². The number of aryl methyl sites for hydroxylation is 1. The molecule has 0 fully saturated rings. The van der Waals surface area contributed by atoms with E-state index in [1.807, 2.05) is 0 Å². The van der Waals surface area contributed by atoms with Crippen LogP contribution < -0.4 is 5.73 Å². The second-order valence-corrected chi connectivity index (χ2v) is 3.51.